The number of rotatable bonds is 10. The maximum absolute atomic E-state index is 14.2. The average Bonchev–Trinajstić information content (AvgIpc) is 3.37. The van der Waals surface area contributed by atoms with Crippen LogP contribution in [-0.2, 0) is 11.4 Å². The van der Waals surface area contributed by atoms with Gasteiger partial charge in [0.1, 0.15) is 29.9 Å². The van der Waals surface area contributed by atoms with Gasteiger partial charge in [-0.1, -0.05) is 35.6 Å². The molecule has 1 aliphatic heterocycles. The van der Waals surface area contributed by atoms with Gasteiger partial charge in [0, 0.05) is 24.2 Å². The number of carbonyl (C=O) groups excluding carboxylic acids is 1. The van der Waals surface area contributed by atoms with Crippen LogP contribution in [0.1, 0.15) is 49.1 Å². The Hall–Kier alpha value is -4.66. The lowest BCUT2D eigenvalue weighted by Gasteiger charge is -2.30. The Labute approximate surface area is 279 Å². The number of hydrogen-bond acceptors (Lipinski definition) is 8. The van der Waals surface area contributed by atoms with Gasteiger partial charge in [-0.25, -0.2) is 4.99 Å². The van der Waals surface area contributed by atoms with Crippen LogP contribution in [0.25, 0.3) is 6.08 Å². The molecule has 0 N–H and O–H groups in total. The third-order valence-corrected chi connectivity index (χ3v) is 9.41. The van der Waals surface area contributed by atoms with E-state index in [4.69, 9.17) is 19.2 Å². The second-order valence-electron chi connectivity index (χ2n) is 10.4. The number of benzene rings is 3. The summed E-state index contributed by atoms with van der Waals surface area (Å²) in [7, 11) is 3.13. The molecule has 4 aromatic rings. The lowest BCUT2D eigenvalue weighted by molar-refractivity contribution is -0.127. The predicted octanol–water partition coefficient (Wildman–Crippen LogP) is 5.33. The highest BCUT2D eigenvalue weighted by molar-refractivity contribution is 9.10. The fourth-order valence-corrected chi connectivity index (χ4v) is 6.97. The zero-order valence-corrected chi connectivity index (χ0v) is 28.6. The standard InChI is InChI=1S/C35H33BrN4O5S/c1-6-39(7-2)34(42)31-21(3)38-35-40(32(31)26-18-25(43-4)13-15-28(26)44-5)33(41)30(46-35)17-22-12-14-29(27(36)16-22)45-20-24-11-9-8-10-23(24)19-37/h8-18,32H,6-7,20H2,1-5H3/b30-17+/t32-/m1/s1. The fourth-order valence-electron chi connectivity index (χ4n) is 5.41. The molecule has 9 nitrogen and oxygen atoms in total. The number of hydrogen-bond donors (Lipinski definition) is 0. The highest BCUT2D eigenvalue weighted by Gasteiger charge is 2.36. The summed E-state index contributed by atoms with van der Waals surface area (Å²) in [5, 5.41) is 9.38. The van der Waals surface area contributed by atoms with Gasteiger partial charge in [-0.3, -0.25) is 14.2 Å². The van der Waals surface area contributed by atoms with Crippen LogP contribution in [0, 0.1) is 11.3 Å². The van der Waals surface area contributed by atoms with Crippen LogP contribution in [0.3, 0.4) is 0 Å². The second kappa shape index (κ2) is 14.2. The molecule has 1 aliphatic rings. The fraction of sp³-hybridized carbons (Fsp3) is 0.257. The molecule has 0 saturated carbocycles. The van der Waals surface area contributed by atoms with Crippen molar-refractivity contribution in [2.75, 3.05) is 27.3 Å². The van der Waals surface area contributed by atoms with Gasteiger partial charge in [-0.15, -0.1) is 0 Å². The molecule has 2 heterocycles. The van der Waals surface area contributed by atoms with Crippen molar-refractivity contribution >= 4 is 39.2 Å². The van der Waals surface area contributed by atoms with Crippen molar-refractivity contribution < 1.29 is 19.0 Å². The lowest BCUT2D eigenvalue weighted by atomic mass is 9.93. The molecule has 1 atom stereocenters. The van der Waals surface area contributed by atoms with Crippen LogP contribution in [0.15, 0.2) is 86.2 Å². The molecule has 0 radical (unpaired) electrons. The number of likely N-dealkylation sites (N-methyl/N-ethyl adjacent to an activating group) is 1. The van der Waals surface area contributed by atoms with Crippen molar-refractivity contribution in [1.29, 1.82) is 5.26 Å². The van der Waals surface area contributed by atoms with Crippen LogP contribution in [0.2, 0.25) is 0 Å². The Bertz CT molecular complexity index is 2060. The maximum Gasteiger partial charge on any atom is 0.271 e. The van der Waals surface area contributed by atoms with Gasteiger partial charge in [0.2, 0.25) is 0 Å². The van der Waals surface area contributed by atoms with Crippen LogP contribution >= 0.6 is 27.3 Å². The first-order valence-corrected chi connectivity index (χ1v) is 16.3. The van der Waals surface area contributed by atoms with Crippen LogP contribution < -0.4 is 29.1 Å². The monoisotopic (exact) mass is 700 g/mol. The summed E-state index contributed by atoms with van der Waals surface area (Å²) in [4.78, 5) is 35.1. The van der Waals surface area contributed by atoms with E-state index in [1.807, 2.05) is 50.2 Å². The lowest BCUT2D eigenvalue weighted by Crippen LogP contribution is -2.43. The number of halogens is 1. The Morgan fingerprint density at radius 2 is 1.83 bits per heavy atom. The largest absolute Gasteiger partial charge is 0.497 e. The molecule has 0 bridgehead atoms. The minimum atomic E-state index is -0.782. The third-order valence-electron chi connectivity index (χ3n) is 7.81. The molecular formula is C35H33BrN4O5S. The number of fused-ring (bicyclic) bond motifs is 1. The van der Waals surface area contributed by atoms with E-state index in [-0.39, 0.29) is 18.1 Å². The topological polar surface area (TPSA) is 106 Å². The number of nitrogens with zero attached hydrogens (tertiary/aromatic N) is 4. The first-order valence-electron chi connectivity index (χ1n) is 14.7. The Morgan fingerprint density at radius 3 is 2.50 bits per heavy atom. The first kappa shape index (κ1) is 32.7. The zero-order chi connectivity index (χ0) is 33.0. The molecule has 46 heavy (non-hydrogen) atoms. The smallest absolute Gasteiger partial charge is 0.271 e. The number of amides is 1. The SMILES string of the molecule is CCN(CC)C(=O)C1=C(C)N=c2s/c(=C/c3ccc(OCc4ccccc4C#N)c(Br)c3)c(=O)n2[C@@H]1c1cc(OC)ccc1OC. The number of allylic oxidation sites excluding steroid dienone is 1. The minimum Gasteiger partial charge on any atom is -0.497 e. The van der Waals surface area contributed by atoms with Gasteiger partial charge in [-0.2, -0.15) is 5.26 Å². The minimum absolute atomic E-state index is 0.188. The number of carbonyl (C=O) groups is 1. The van der Waals surface area contributed by atoms with Crippen molar-refractivity contribution in [3.8, 4) is 23.3 Å². The average molecular weight is 702 g/mol. The second-order valence-corrected chi connectivity index (χ2v) is 12.3. The van der Waals surface area contributed by atoms with E-state index in [9.17, 15) is 14.9 Å². The summed E-state index contributed by atoms with van der Waals surface area (Å²) < 4.78 is 20.0. The molecular weight excluding hydrogens is 668 g/mol. The van der Waals surface area contributed by atoms with E-state index in [0.717, 1.165) is 11.1 Å². The van der Waals surface area contributed by atoms with Crippen molar-refractivity contribution in [1.82, 2.24) is 9.47 Å². The highest BCUT2D eigenvalue weighted by Crippen LogP contribution is 2.38. The summed E-state index contributed by atoms with van der Waals surface area (Å²) >= 11 is 4.85. The van der Waals surface area contributed by atoms with Crippen molar-refractivity contribution in [2.24, 2.45) is 4.99 Å². The van der Waals surface area contributed by atoms with Gasteiger partial charge >= 0.3 is 0 Å². The highest BCUT2D eigenvalue weighted by atomic mass is 79.9. The van der Waals surface area contributed by atoms with Crippen molar-refractivity contribution in [3.05, 3.63) is 118 Å². The summed E-state index contributed by atoms with van der Waals surface area (Å²) in [5.41, 5.74) is 3.43. The predicted molar refractivity (Wildman–Crippen MR) is 181 cm³/mol. The summed E-state index contributed by atoms with van der Waals surface area (Å²) in [6.07, 6.45) is 1.80. The number of aromatic nitrogens is 1. The number of methoxy groups -OCH3 is 2. The normalized spacial score (nSPS) is 14.3. The summed E-state index contributed by atoms with van der Waals surface area (Å²) in [5.74, 6) is 1.52. The van der Waals surface area contributed by atoms with Gasteiger partial charge in [0.15, 0.2) is 4.80 Å². The summed E-state index contributed by atoms with van der Waals surface area (Å²) in [6, 6.07) is 19.6. The molecule has 5 rings (SSSR count). The summed E-state index contributed by atoms with van der Waals surface area (Å²) in [6.45, 7) is 6.91. The zero-order valence-electron chi connectivity index (χ0n) is 26.2. The van der Waals surface area contributed by atoms with Gasteiger partial charge < -0.3 is 19.1 Å². The van der Waals surface area contributed by atoms with Crippen molar-refractivity contribution in [2.45, 2.75) is 33.4 Å². The molecule has 0 unspecified atom stereocenters. The number of nitriles is 1. The molecule has 1 aromatic heterocycles. The molecule has 11 heteroatoms. The number of ether oxygens (including phenoxy) is 3. The molecule has 0 fully saturated rings. The van der Waals surface area contributed by atoms with Crippen molar-refractivity contribution in [3.63, 3.8) is 0 Å². The number of thiazole rings is 1. The molecule has 0 spiro atoms. The van der Waals surface area contributed by atoms with E-state index in [2.05, 4.69) is 22.0 Å². The first-order chi connectivity index (χ1) is 22.2. The molecule has 0 saturated heterocycles. The molecule has 236 valence electrons. The Morgan fingerprint density at radius 1 is 1.09 bits per heavy atom. The van der Waals surface area contributed by atoms with Crippen LogP contribution in [-0.4, -0.2) is 42.7 Å². The third kappa shape index (κ3) is 6.36. The Balaban J connectivity index is 1.59. The van der Waals surface area contributed by atoms with Gasteiger partial charge in [0.25, 0.3) is 11.5 Å². The van der Waals surface area contributed by atoms with Crippen LogP contribution in [0.4, 0.5) is 0 Å². The van der Waals surface area contributed by atoms with Gasteiger partial charge in [0.05, 0.1) is 46.1 Å². The van der Waals surface area contributed by atoms with Crippen LogP contribution in [0.5, 0.6) is 17.2 Å². The van der Waals surface area contributed by atoms with E-state index in [0.29, 0.717) is 66.5 Å². The van der Waals surface area contributed by atoms with E-state index < -0.39 is 6.04 Å². The maximum atomic E-state index is 14.2. The molecule has 0 aliphatic carbocycles. The molecule has 1 amide bonds. The Kier molecular flexibility index (Phi) is 10.1. The quantitative estimate of drug-likeness (QED) is 0.221. The molecule has 3 aromatic carbocycles. The van der Waals surface area contributed by atoms with E-state index in [1.165, 1.54) is 11.3 Å². The van der Waals surface area contributed by atoms with Gasteiger partial charge in [-0.05, 0) is 84.7 Å². The van der Waals surface area contributed by atoms with E-state index in [1.54, 1.807) is 61.0 Å². The van der Waals surface area contributed by atoms with E-state index >= 15 is 0 Å².